The Hall–Kier alpha value is -2.21. The Labute approximate surface area is 134 Å². The second-order valence-electron chi connectivity index (χ2n) is 5.39. The van der Waals surface area contributed by atoms with E-state index < -0.39 is 0 Å². The first-order valence-electron chi connectivity index (χ1n) is 7.48. The predicted molar refractivity (Wildman–Crippen MR) is 83.5 cm³/mol. The maximum Gasteiger partial charge on any atom is 0.220 e. The van der Waals surface area contributed by atoms with Gasteiger partial charge in [-0.25, -0.2) is 4.39 Å². The number of benzene rings is 1. The molecule has 23 heavy (non-hydrogen) atoms. The number of ether oxygens (including phenoxy) is 1. The minimum atomic E-state index is -0.381. The minimum absolute atomic E-state index is 0.0940. The number of nitrogens with one attached hydrogen (secondary N) is 1. The van der Waals surface area contributed by atoms with Crippen LogP contribution in [0.5, 0.6) is 0 Å². The average molecular weight is 320 g/mol. The summed E-state index contributed by atoms with van der Waals surface area (Å²) in [5.41, 5.74) is 2.47. The fraction of sp³-hybridized carbons (Fsp3) is 0.412. The van der Waals surface area contributed by atoms with E-state index in [2.05, 4.69) is 10.5 Å². The van der Waals surface area contributed by atoms with Crippen molar-refractivity contribution in [2.45, 2.75) is 32.8 Å². The van der Waals surface area contributed by atoms with Crippen LogP contribution in [0.3, 0.4) is 0 Å². The van der Waals surface area contributed by atoms with Crippen LogP contribution in [0.25, 0.3) is 0 Å². The summed E-state index contributed by atoms with van der Waals surface area (Å²) in [4.78, 5) is 12.0. The second kappa shape index (κ2) is 7.87. The lowest BCUT2D eigenvalue weighted by atomic mass is 10.1. The van der Waals surface area contributed by atoms with E-state index in [1.165, 1.54) is 19.2 Å². The second-order valence-corrected chi connectivity index (χ2v) is 5.39. The summed E-state index contributed by atoms with van der Waals surface area (Å²) in [6.07, 6.45) is 0.529. The van der Waals surface area contributed by atoms with Gasteiger partial charge >= 0.3 is 0 Å². The molecule has 2 aromatic rings. The molecule has 0 aliphatic carbocycles. The Balaban J connectivity index is 1.85. The zero-order valence-corrected chi connectivity index (χ0v) is 13.6. The number of aromatic nitrogens is 1. The van der Waals surface area contributed by atoms with E-state index in [0.717, 1.165) is 17.0 Å². The van der Waals surface area contributed by atoms with Crippen LogP contribution >= 0.6 is 0 Å². The topological polar surface area (TPSA) is 64.4 Å². The van der Waals surface area contributed by atoms with Crippen LogP contribution in [-0.2, 0) is 16.0 Å². The molecule has 1 atom stereocenters. The molecule has 0 spiro atoms. The lowest BCUT2D eigenvalue weighted by molar-refractivity contribution is -0.121. The molecule has 0 radical (unpaired) electrons. The third kappa shape index (κ3) is 4.63. The van der Waals surface area contributed by atoms with E-state index in [-0.39, 0.29) is 17.8 Å². The lowest BCUT2D eigenvalue weighted by Gasteiger charge is -2.16. The van der Waals surface area contributed by atoms with Crippen LogP contribution in [0, 0.1) is 19.7 Å². The van der Waals surface area contributed by atoms with Gasteiger partial charge in [-0.1, -0.05) is 17.3 Å². The van der Waals surface area contributed by atoms with Crippen LogP contribution in [0.4, 0.5) is 4.39 Å². The number of amides is 1. The van der Waals surface area contributed by atoms with E-state index in [0.29, 0.717) is 24.9 Å². The van der Waals surface area contributed by atoms with E-state index in [9.17, 15) is 9.18 Å². The quantitative estimate of drug-likeness (QED) is 0.852. The zero-order chi connectivity index (χ0) is 16.8. The molecule has 0 bridgehead atoms. The van der Waals surface area contributed by atoms with Crippen molar-refractivity contribution in [2.24, 2.45) is 0 Å². The Morgan fingerprint density at radius 1 is 1.43 bits per heavy atom. The summed E-state index contributed by atoms with van der Waals surface area (Å²) < 4.78 is 23.7. The summed E-state index contributed by atoms with van der Waals surface area (Å²) in [6.45, 7) is 3.98. The molecule has 1 aromatic heterocycles. The molecule has 0 fully saturated rings. The fourth-order valence-corrected chi connectivity index (χ4v) is 2.44. The highest BCUT2D eigenvalue weighted by Crippen LogP contribution is 2.17. The van der Waals surface area contributed by atoms with Crippen molar-refractivity contribution in [3.05, 3.63) is 52.7 Å². The van der Waals surface area contributed by atoms with Crippen LogP contribution < -0.4 is 5.32 Å². The highest BCUT2D eigenvalue weighted by Gasteiger charge is 2.14. The molecule has 1 amide bonds. The highest BCUT2D eigenvalue weighted by molar-refractivity contribution is 5.76. The van der Waals surface area contributed by atoms with Crippen molar-refractivity contribution in [2.75, 3.05) is 13.7 Å². The SMILES string of the molecule is COC(CNC(=O)CCc1c(C)noc1C)c1cccc(F)c1. The van der Waals surface area contributed by atoms with Gasteiger partial charge in [-0.15, -0.1) is 0 Å². The van der Waals surface area contributed by atoms with Crippen molar-refractivity contribution in [1.29, 1.82) is 0 Å². The average Bonchev–Trinajstić information content (AvgIpc) is 2.84. The Bertz CT molecular complexity index is 650. The first-order chi connectivity index (χ1) is 11.0. The summed E-state index contributed by atoms with van der Waals surface area (Å²) in [5.74, 6) is 0.322. The van der Waals surface area contributed by atoms with Crippen LogP contribution in [-0.4, -0.2) is 24.7 Å². The summed E-state index contributed by atoms with van der Waals surface area (Å²) in [6, 6.07) is 6.17. The van der Waals surface area contributed by atoms with Gasteiger partial charge in [0.1, 0.15) is 11.6 Å². The number of hydrogen-bond acceptors (Lipinski definition) is 4. The van der Waals surface area contributed by atoms with E-state index in [1.807, 2.05) is 13.8 Å². The molecule has 1 N–H and O–H groups in total. The number of aryl methyl sites for hydroxylation is 2. The molecule has 6 heteroatoms. The van der Waals surface area contributed by atoms with Crippen molar-refractivity contribution < 1.29 is 18.4 Å². The number of rotatable bonds is 7. The maximum absolute atomic E-state index is 13.3. The molecule has 124 valence electrons. The third-order valence-electron chi connectivity index (χ3n) is 3.77. The molecular weight excluding hydrogens is 299 g/mol. The molecule has 0 aliphatic heterocycles. The van der Waals surface area contributed by atoms with E-state index >= 15 is 0 Å². The Kier molecular flexibility index (Phi) is 5.87. The largest absolute Gasteiger partial charge is 0.375 e. The minimum Gasteiger partial charge on any atom is -0.375 e. The summed E-state index contributed by atoms with van der Waals surface area (Å²) in [5, 5.41) is 6.68. The molecule has 5 nitrogen and oxygen atoms in total. The predicted octanol–water partition coefficient (Wildman–Crippen LogP) is 2.87. The van der Waals surface area contributed by atoms with Crippen molar-refractivity contribution in [1.82, 2.24) is 10.5 Å². The number of methoxy groups -OCH3 is 1. The molecule has 0 saturated carbocycles. The Morgan fingerprint density at radius 2 is 2.22 bits per heavy atom. The number of hydrogen-bond donors (Lipinski definition) is 1. The molecule has 1 heterocycles. The fourth-order valence-electron chi connectivity index (χ4n) is 2.44. The standard InChI is InChI=1S/C17H21FN2O3/c1-11-15(12(2)23-20-11)7-8-17(21)19-10-16(22-3)13-5-4-6-14(18)9-13/h4-6,9,16H,7-8,10H2,1-3H3,(H,19,21). The van der Waals surface area contributed by atoms with Gasteiger partial charge in [0.2, 0.25) is 5.91 Å². The van der Waals surface area contributed by atoms with Crippen LogP contribution in [0.15, 0.2) is 28.8 Å². The summed E-state index contributed by atoms with van der Waals surface area (Å²) in [7, 11) is 1.53. The normalized spacial score (nSPS) is 12.2. The van der Waals surface area contributed by atoms with Gasteiger partial charge in [-0.2, -0.15) is 0 Å². The number of carbonyl (C=O) groups is 1. The van der Waals surface area contributed by atoms with Gasteiger partial charge in [0.15, 0.2) is 0 Å². The van der Waals surface area contributed by atoms with E-state index in [4.69, 9.17) is 9.26 Å². The molecule has 1 unspecified atom stereocenters. The smallest absolute Gasteiger partial charge is 0.220 e. The summed E-state index contributed by atoms with van der Waals surface area (Å²) >= 11 is 0. The molecule has 1 aromatic carbocycles. The van der Waals surface area contributed by atoms with E-state index in [1.54, 1.807) is 12.1 Å². The molecule has 0 saturated heterocycles. The van der Waals surface area contributed by atoms with Crippen molar-refractivity contribution in [3.63, 3.8) is 0 Å². The van der Waals surface area contributed by atoms with Gasteiger partial charge in [0, 0.05) is 25.6 Å². The maximum atomic E-state index is 13.3. The van der Waals surface area contributed by atoms with Gasteiger partial charge < -0.3 is 14.6 Å². The van der Waals surface area contributed by atoms with Gasteiger partial charge in [0.25, 0.3) is 0 Å². The third-order valence-corrected chi connectivity index (χ3v) is 3.77. The molecular formula is C17H21FN2O3. The zero-order valence-electron chi connectivity index (χ0n) is 13.6. The first kappa shape index (κ1) is 17.1. The number of halogens is 1. The first-order valence-corrected chi connectivity index (χ1v) is 7.48. The molecule has 2 rings (SSSR count). The van der Waals surface area contributed by atoms with Crippen molar-refractivity contribution in [3.8, 4) is 0 Å². The van der Waals surface area contributed by atoms with Gasteiger partial charge in [-0.3, -0.25) is 4.79 Å². The lowest BCUT2D eigenvalue weighted by Crippen LogP contribution is -2.29. The van der Waals surface area contributed by atoms with Crippen LogP contribution in [0.2, 0.25) is 0 Å². The number of nitrogens with zero attached hydrogens (tertiary/aromatic N) is 1. The molecule has 0 aliphatic rings. The van der Waals surface area contributed by atoms with Gasteiger partial charge in [-0.05, 0) is 38.0 Å². The van der Waals surface area contributed by atoms with Gasteiger partial charge in [0.05, 0.1) is 11.8 Å². The Morgan fingerprint density at radius 3 is 2.83 bits per heavy atom. The van der Waals surface area contributed by atoms with Crippen molar-refractivity contribution >= 4 is 5.91 Å². The van der Waals surface area contributed by atoms with Crippen LogP contribution in [0.1, 0.15) is 35.1 Å². The monoisotopic (exact) mass is 320 g/mol. The number of carbonyl (C=O) groups excluding carboxylic acids is 1. The highest BCUT2D eigenvalue weighted by atomic mass is 19.1.